The summed E-state index contributed by atoms with van der Waals surface area (Å²) in [6.07, 6.45) is 4.47. The summed E-state index contributed by atoms with van der Waals surface area (Å²) in [7, 11) is 2.96. The summed E-state index contributed by atoms with van der Waals surface area (Å²) >= 11 is 0. The number of ether oxygens (including phenoxy) is 2. The molecule has 0 heterocycles. The molecule has 0 saturated heterocycles. The van der Waals surface area contributed by atoms with Gasteiger partial charge in [0.05, 0.1) is 42.6 Å². The van der Waals surface area contributed by atoms with Gasteiger partial charge >= 0.3 is 0 Å². The van der Waals surface area contributed by atoms with Crippen molar-refractivity contribution < 1.29 is 24.0 Å². The molecule has 0 unspecified atom stereocenters. The third-order valence-electron chi connectivity index (χ3n) is 6.03. The first-order chi connectivity index (χ1) is 16.3. The van der Waals surface area contributed by atoms with Crippen molar-refractivity contribution in [3.8, 4) is 11.5 Å². The van der Waals surface area contributed by atoms with E-state index in [1.807, 2.05) is 0 Å². The van der Waals surface area contributed by atoms with Crippen molar-refractivity contribution in [1.29, 1.82) is 0 Å². The second kappa shape index (κ2) is 11.5. The smallest absolute Gasteiger partial charge is 0.270 e. The van der Waals surface area contributed by atoms with E-state index in [4.69, 9.17) is 9.47 Å². The molecule has 34 heavy (non-hydrogen) atoms. The number of nitro groups is 1. The fourth-order valence-electron chi connectivity index (χ4n) is 4.07. The van der Waals surface area contributed by atoms with Crippen LogP contribution in [0.5, 0.6) is 11.5 Å². The lowest BCUT2D eigenvalue weighted by Crippen LogP contribution is -2.41. The Kier molecular flexibility index (Phi) is 8.42. The van der Waals surface area contributed by atoms with Gasteiger partial charge in [-0.15, -0.1) is 0 Å². The van der Waals surface area contributed by atoms with Crippen molar-refractivity contribution in [3.63, 3.8) is 0 Å². The molecule has 1 saturated carbocycles. The molecule has 0 spiro atoms. The molecule has 3 N–H and O–H groups in total. The molecule has 3 rings (SSSR count). The number of benzene rings is 2. The highest BCUT2D eigenvalue weighted by molar-refractivity contribution is 6.11. The van der Waals surface area contributed by atoms with Gasteiger partial charge in [-0.1, -0.05) is 19.8 Å². The van der Waals surface area contributed by atoms with Crippen molar-refractivity contribution in [3.05, 3.63) is 52.1 Å². The van der Waals surface area contributed by atoms with Crippen molar-refractivity contribution in [1.82, 2.24) is 5.32 Å². The van der Waals surface area contributed by atoms with Crippen LogP contribution in [0.25, 0.3) is 0 Å². The second-order valence-electron chi connectivity index (χ2n) is 8.30. The minimum atomic E-state index is -0.628. The first kappa shape index (κ1) is 25.0. The molecule has 10 heteroatoms. The molecule has 0 aromatic heterocycles. The number of nitrogens with zero attached hydrogens (tertiary/aromatic N) is 1. The van der Waals surface area contributed by atoms with E-state index >= 15 is 0 Å². The van der Waals surface area contributed by atoms with Gasteiger partial charge in [0.2, 0.25) is 5.91 Å². The average molecular weight is 471 g/mol. The molecule has 0 bridgehead atoms. The lowest BCUT2D eigenvalue weighted by molar-refractivity contribution is -0.384. The molecule has 2 aromatic rings. The van der Waals surface area contributed by atoms with Gasteiger partial charge in [0.15, 0.2) is 0 Å². The van der Waals surface area contributed by atoms with Gasteiger partial charge in [-0.05, 0) is 37.0 Å². The van der Waals surface area contributed by atoms with Gasteiger partial charge < -0.3 is 25.4 Å². The van der Waals surface area contributed by atoms with Gasteiger partial charge in [-0.2, -0.15) is 0 Å². The van der Waals surface area contributed by atoms with E-state index in [2.05, 4.69) is 22.9 Å². The van der Waals surface area contributed by atoms with Crippen LogP contribution in [0.2, 0.25) is 0 Å². The van der Waals surface area contributed by atoms with Gasteiger partial charge in [0, 0.05) is 24.2 Å². The number of carbonyl (C=O) groups excluding carboxylic acids is 2. The van der Waals surface area contributed by atoms with Crippen LogP contribution in [0, 0.1) is 16.0 Å². The van der Waals surface area contributed by atoms with Crippen LogP contribution >= 0.6 is 0 Å². The van der Waals surface area contributed by atoms with Crippen LogP contribution in [-0.2, 0) is 4.79 Å². The van der Waals surface area contributed by atoms with Crippen molar-refractivity contribution in [2.45, 2.75) is 38.6 Å². The number of carbonyl (C=O) groups is 2. The normalized spacial score (nSPS) is 17.5. The molecule has 0 radical (unpaired) electrons. The molecule has 2 aromatic carbocycles. The topological polar surface area (TPSA) is 132 Å². The predicted molar refractivity (Wildman–Crippen MR) is 129 cm³/mol. The minimum Gasteiger partial charge on any atom is -0.497 e. The van der Waals surface area contributed by atoms with E-state index in [-0.39, 0.29) is 35.4 Å². The summed E-state index contributed by atoms with van der Waals surface area (Å²) in [5, 5.41) is 20.0. The van der Waals surface area contributed by atoms with Gasteiger partial charge in [0.25, 0.3) is 11.6 Å². The molecular formula is C24H30N4O6. The van der Waals surface area contributed by atoms with E-state index in [0.717, 1.165) is 25.3 Å². The largest absolute Gasteiger partial charge is 0.497 e. The lowest BCUT2D eigenvalue weighted by Gasteiger charge is -2.29. The number of methoxy groups -OCH3 is 2. The van der Waals surface area contributed by atoms with Crippen LogP contribution < -0.4 is 25.4 Å². The third-order valence-corrected chi connectivity index (χ3v) is 6.03. The molecule has 0 aliphatic heterocycles. The third kappa shape index (κ3) is 6.22. The Balaban J connectivity index is 1.77. The molecule has 182 valence electrons. The van der Waals surface area contributed by atoms with Gasteiger partial charge in [-0.25, -0.2) is 0 Å². The number of amides is 2. The summed E-state index contributed by atoms with van der Waals surface area (Å²) in [6, 6.07) is 8.85. The first-order valence-electron chi connectivity index (χ1n) is 11.2. The number of hydrogen-bond donors (Lipinski definition) is 3. The maximum absolute atomic E-state index is 13.1. The number of rotatable bonds is 9. The molecule has 2 amide bonds. The van der Waals surface area contributed by atoms with E-state index < -0.39 is 10.8 Å². The Bertz CT molecular complexity index is 1060. The fraction of sp³-hybridized carbons (Fsp3) is 0.417. The Morgan fingerprint density at radius 2 is 1.76 bits per heavy atom. The molecule has 1 aliphatic carbocycles. The molecule has 1 aliphatic rings. The zero-order valence-corrected chi connectivity index (χ0v) is 19.6. The number of anilines is 2. The van der Waals surface area contributed by atoms with E-state index in [1.54, 1.807) is 18.2 Å². The van der Waals surface area contributed by atoms with E-state index in [9.17, 15) is 19.7 Å². The number of nitrogens with one attached hydrogen (secondary N) is 3. The van der Waals surface area contributed by atoms with Gasteiger partial charge in [-0.3, -0.25) is 19.7 Å². The number of nitro benzene ring substituents is 1. The lowest BCUT2D eigenvalue weighted by atomic mass is 9.86. The van der Waals surface area contributed by atoms with Crippen LogP contribution in [0.15, 0.2) is 36.4 Å². The van der Waals surface area contributed by atoms with Crippen LogP contribution in [0.4, 0.5) is 17.1 Å². The number of hydrogen-bond acceptors (Lipinski definition) is 7. The van der Waals surface area contributed by atoms with E-state index in [0.29, 0.717) is 23.1 Å². The standard InChI is InChI=1S/C24H30N4O6/c1-15-6-4-5-7-19(15)25-14-23(29)26-20-10-8-16(28(31)32)12-18(20)24(30)27-21-11-9-17(33-2)13-22(21)34-3/h8-13,15,19,25H,4-7,14H2,1-3H3,(H,26,29)(H,27,30)/t15-,19+/m1/s1. The zero-order valence-electron chi connectivity index (χ0n) is 19.6. The second-order valence-corrected chi connectivity index (χ2v) is 8.30. The predicted octanol–water partition coefficient (Wildman–Crippen LogP) is 3.97. The van der Waals surface area contributed by atoms with E-state index in [1.165, 1.54) is 32.8 Å². The highest BCUT2D eigenvalue weighted by Gasteiger charge is 2.23. The SMILES string of the molecule is COc1ccc(NC(=O)c2cc([N+](=O)[O-])ccc2NC(=O)CN[C@H]2CCCC[C@H]2C)c(OC)c1. The summed E-state index contributed by atoms with van der Waals surface area (Å²) in [6.45, 7) is 2.25. The Hall–Kier alpha value is -3.66. The minimum absolute atomic E-state index is 0.0357. The Morgan fingerprint density at radius 3 is 2.44 bits per heavy atom. The molecular weight excluding hydrogens is 440 g/mol. The zero-order chi connectivity index (χ0) is 24.7. The molecule has 10 nitrogen and oxygen atoms in total. The number of non-ortho nitro benzene ring substituents is 1. The highest BCUT2D eigenvalue weighted by atomic mass is 16.6. The van der Waals surface area contributed by atoms with Gasteiger partial charge in [0.1, 0.15) is 11.5 Å². The Morgan fingerprint density at radius 1 is 1.03 bits per heavy atom. The molecule has 1 fully saturated rings. The Labute approximate surface area is 198 Å². The summed E-state index contributed by atoms with van der Waals surface area (Å²) in [5.74, 6) is 0.424. The van der Waals surface area contributed by atoms with Crippen LogP contribution in [-0.4, -0.2) is 43.5 Å². The maximum Gasteiger partial charge on any atom is 0.270 e. The first-order valence-corrected chi connectivity index (χ1v) is 11.2. The van der Waals surface area contributed by atoms with Crippen LogP contribution in [0.1, 0.15) is 43.0 Å². The quantitative estimate of drug-likeness (QED) is 0.373. The van der Waals surface area contributed by atoms with Crippen molar-refractivity contribution >= 4 is 28.9 Å². The molecule has 2 atom stereocenters. The summed E-state index contributed by atoms with van der Waals surface area (Å²) < 4.78 is 10.5. The van der Waals surface area contributed by atoms with Crippen LogP contribution in [0.3, 0.4) is 0 Å². The van der Waals surface area contributed by atoms with Crippen molar-refractivity contribution in [2.24, 2.45) is 5.92 Å². The summed E-state index contributed by atoms with van der Waals surface area (Å²) in [5.41, 5.74) is 0.231. The monoisotopic (exact) mass is 470 g/mol. The fourth-order valence-corrected chi connectivity index (χ4v) is 4.07. The highest BCUT2D eigenvalue weighted by Crippen LogP contribution is 2.31. The maximum atomic E-state index is 13.1. The summed E-state index contributed by atoms with van der Waals surface area (Å²) in [4.78, 5) is 36.4. The average Bonchev–Trinajstić information content (AvgIpc) is 2.83. The van der Waals surface area contributed by atoms with Crippen molar-refractivity contribution in [2.75, 3.05) is 31.4 Å².